The van der Waals surface area contributed by atoms with Gasteiger partial charge in [-0.05, 0) is 71.0 Å². The van der Waals surface area contributed by atoms with Crippen LogP contribution in [0.3, 0.4) is 0 Å². The van der Waals surface area contributed by atoms with Crippen molar-refractivity contribution in [2.24, 2.45) is 0 Å². The predicted molar refractivity (Wildman–Crippen MR) is 135 cm³/mol. The molecule has 5 aliphatic rings. The number of ether oxygens (including phenoxy) is 3. The quantitative estimate of drug-likeness (QED) is 0.577. The molecule has 184 valence electrons. The third-order valence-electron chi connectivity index (χ3n) is 8.49. The first-order valence-corrected chi connectivity index (χ1v) is 15.2. The molecule has 5 rings (SSSR count). The van der Waals surface area contributed by atoms with Crippen molar-refractivity contribution in [1.82, 2.24) is 10.0 Å². The SMILES string of the molecule is CC1(C)SC(C2CCCCO2)CN(N2CCOCC2)C1(C1CCCCO1)C1CCCCS1. The lowest BCUT2D eigenvalue weighted by molar-refractivity contribution is -0.212. The Balaban J connectivity index is 1.55. The average Bonchev–Trinajstić information content (AvgIpc) is 2.85. The van der Waals surface area contributed by atoms with Crippen molar-refractivity contribution < 1.29 is 14.2 Å². The molecule has 0 N–H and O–H groups in total. The summed E-state index contributed by atoms with van der Waals surface area (Å²) in [6, 6.07) is 0. The van der Waals surface area contributed by atoms with Gasteiger partial charge in [0.25, 0.3) is 0 Å². The molecule has 0 radical (unpaired) electrons. The van der Waals surface area contributed by atoms with E-state index in [1.165, 1.54) is 63.5 Å². The molecule has 5 atom stereocenters. The molecule has 5 heterocycles. The van der Waals surface area contributed by atoms with Gasteiger partial charge in [0.05, 0.1) is 31.0 Å². The van der Waals surface area contributed by atoms with Crippen molar-refractivity contribution in [2.45, 2.75) is 105 Å². The number of thioether (sulfide) groups is 2. The normalized spacial score (nSPS) is 42.6. The lowest BCUT2D eigenvalue weighted by atomic mass is 9.72. The van der Waals surface area contributed by atoms with Crippen molar-refractivity contribution in [1.29, 1.82) is 0 Å². The second-order valence-electron chi connectivity index (χ2n) is 10.8. The summed E-state index contributed by atoms with van der Waals surface area (Å²) in [6.07, 6.45) is 12.2. The molecular formula is C25H44N2O3S2. The van der Waals surface area contributed by atoms with E-state index in [0.717, 1.165) is 46.1 Å². The standard InChI is InChI=1S/C25H44N2O3S2/c1-24(2)25(22-10-4-7-15-30-22,23-11-5-8-18-31-23)27(26-12-16-28-17-13-26)19-21(32-24)20-9-3-6-14-29-20/h20-23H,3-19H2,1-2H3. The Morgan fingerprint density at radius 1 is 0.812 bits per heavy atom. The highest BCUT2D eigenvalue weighted by atomic mass is 32.2. The van der Waals surface area contributed by atoms with Crippen LogP contribution in [0.4, 0.5) is 0 Å². The largest absolute Gasteiger partial charge is 0.379 e. The van der Waals surface area contributed by atoms with Gasteiger partial charge in [-0.3, -0.25) is 0 Å². The molecule has 0 bridgehead atoms. The summed E-state index contributed by atoms with van der Waals surface area (Å²) >= 11 is 4.48. The number of rotatable bonds is 4. The van der Waals surface area contributed by atoms with Crippen molar-refractivity contribution in [3.05, 3.63) is 0 Å². The topological polar surface area (TPSA) is 34.2 Å². The molecule has 0 amide bonds. The van der Waals surface area contributed by atoms with E-state index in [1.807, 2.05) is 0 Å². The molecule has 5 aliphatic heterocycles. The predicted octanol–water partition coefficient (Wildman–Crippen LogP) is 4.59. The second-order valence-corrected chi connectivity index (χ2v) is 13.9. The molecular weight excluding hydrogens is 440 g/mol. The van der Waals surface area contributed by atoms with E-state index < -0.39 is 0 Å². The Labute approximate surface area is 204 Å². The molecule has 5 saturated heterocycles. The summed E-state index contributed by atoms with van der Waals surface area (Å²) in [7, 11) is 0. The molecule has 5 unspecified atom stereocenters. The van der Waals surface area contributed by atoms with Crippen LogP contribution >= 0.6 is 23.5 Å². The highest BCUT2D eigenvalue weighted by molar-refractivity contribution is 8.02. The van der Waals surface area contributed by atoms with Crippen LogP contribution in [-0.4, -0.2) is 94.8 Å². The smallest absolute Gasteiger partial charge is 0.0876 e. The Bertz CT molecular complexity index is 580. The van der Waals surface area contributed by atoms with E-state index in [4.69, 9.17) is 14.2 Å². The van der Waals surface area contributed by atoms with Crippen molar-refractivity contribution >= 4 is 23.5 Å². The number of nitrogens with zero attached hydrogens (tertiary/aromatic N) is 2. The van der Waals surface area contributed by atoms with Crippen LogP contribution in [0.2, 0.25) is 0 Å². The fraction of sp³-hybridized carbons (Fsp3) is 1.00. The van der Waals surface area contributed by atoms with Crippen LogP contribution in [0, 0.1) is 0 Å². The second kappa shape index (κ2) is 10.6. The zero-order chi connectivity index (χ0) is 22.0. The molecule has 0 spiro atoms. The summed E-state index contributed by atoms with van der Waals surface area (Å²) in [5.41, 5.74) is 0.0195. The van der Waals surface area contributed by atoms with Gasteiger partial charge in [0.15, 0.2) is 0 Å². The molecule has 32 heavy (non-hydrogen) atoms. The summed E-state index contributed by atoms with van der Waals surface area (Å²) < 4.78 is 19.0. The zero-order valence-corrected chi connectivity index (χ0v) is 21.9. The van der Waals surface area contributed by atoms with Crippen molar-refractivity contribution in [3.63, 3.8) is 0 Å². The Hall–Kier alpha value is 0.500. The van der Waals surface area contributed by atoms with Gasteiger partial charge >= 0.3 is 0 Å². The third-order valence-corrected chi connectivity index (χ3v) is 11.7. The van der Waals surface area contributed by atoms with Gasteiger partial charge in [0.2, 0.25) is 0 Å². The average molecular weight is 485 g/mol. The maximum Gasteiger partial charge on any atom is 0.0876 e. The molecule has 0 aromatic rings. The summed E-state index contributed by atoms with van der Waals surface area (Å²) in [6.45, 7) is 11.7. The summed E-state index contributed by atoms with van der Waals surface area (Å²) in [5.74, 6) is 1.30. The molecule has 7 heteroatoms. The van der Waals surface area contributed by atoms with E-state index in [1.54, 1.807) is 0 Å². The first-order chi connectivity index (χ1) is 15.6. The van der Waals surface area contributed by atoms with Crippen molar-refractivity contribution in [3.8, 4) is 0 Å². The molecule has 5 nitrogen and oxygen atoms in total. The maximum absolute atomic E-state index is 6.75. The van der Waals surface area contributed by atoms with E-state index in [-0.39, 0.29) is 10.3 Å². The van der Waals surface area contributed by atoms with E-state index in [2.05, 4.69) is 47.4 Å². The van der Waals surface area contributed by atoms with Crippen LogP contribution in [-0.2, 0) is 14.2 Å². The van der Waals surface area contributed by atoms with Crippen molar-refractivity contribution in [2.75, 3.05) is 51.8 Å². The molecule has 0 aromatic carbocycles. The fourth-order valence-electron chi connectivity index (χ4n) is 7.03. The number of morpholine rings is 1. The summed E-state index contributed by atoms with van der Waals surface area (Å²) in [5, 5.41) is 6.69. The van der Waals surface area contributed by atoms with Gasteiger partial charge in [-0.1, -0.05) is 6.42 Å². The Morgan fingerprint density at radius 2 is 1.56 bits per heavy atom. The van der Waals surface area contributed by atoms with Gasteiger partial charge < -0.3 is 14.2 Å². The van der Waals surface area contributed by atoms with Crippen LogP contribution in [0.15, 0.2) is 0 Å². The van der Waals surface area contributed by atoms with E-state index >= 15 is 0 Å². The zero-order valence-electron chi connectivity index (χ0n) is 20.3. The maximum atomic E-state index is 6.75. The highest BCUT2D eigenvalue weighted by Crippen LogP contribution is 2.57. The van der Waals surface area contributed by atoms with Gasteiger partial charge in [-0.25, -0.2) is 10.0 Å². The highest BCUT2D eigenvalue weighted by Gasteiger charge is 2.65. The minimum atomic E-state index is 0.0195. The minimum absolute atomic E-state index is 0.0195. The Morgan fingerprint density at radius 3 is 2.22 bits per heavy atom. The molecule has 5 fully saturated rings. The summed E-state index contributed by atoms with van der Waals surface area (Å²) in [4.78, 5) is 0. The van der Waals surface area contributed by atoms with Gasteiger partial charge in [-0.15, -0.1) is 11.8 Å². The lowest BCUT2D eigenvalue weighted by Gasteiger charge is -2.67. The first-order valence-electron chi connectivity index (χ1n) is 13.3. The molecule has 0 saturated carbocycles. The first kappa shape index (κ1) is 24.2. The molecule has 0 aromatic heterocycles. The van der Waals surface area contributed by atoms with Crippen LogP contribution in [0.1, 0.15) is 71.6 Å². The number of hydrogen-bond donors (Lipinski definition) is 0. The van der Waals surface area contributed by atoms with Crippen LogP contribution < -0.4 is 0 Å². The van der Waals surface area contributed by atoms with Crippen LogP contribution in [0.25, 0.3) is 0 Å². The number of hydrogen-bond acceptors (Lipinski definition) is 7. The monoisotopic (exact) mass is 484 g/mol. The van der Waals surface area contributed by atoms with Crippen LogP contribution in [0.5, 0.6) is 0 Å². The fourth-order valence-corrected chi connectivity index (χ4v) is 10.8. The van der Waals surface area contributed by atoms with E-state index in [9.17, 15) is 0 Å². The Kier molecular flexibility index (Phi) is 8.04. The van der Waals surface area contributed by atoms with Gasteiger partial charge in [-0.2, -0.15) is 11.8 Å². The third kappa shape index (κ3) is 4.54. The van der Waals surface area contributed by atoms with Gasteiger partial charge in [0.1, 0.15) is 0 Å². The molecule has 0 aliphatic carbocycles. The van der Waals surface area contributed by atoms with E-state index in [0.29, 0.717) is 22.7 Å². The lowest BCUT2D eigenvalue weighted by Crippen LogP contribution is -2.80. The minimum Gasteiger partial charge on any atom is -0.379 e. The van der Waals surface area contributed by atoms with Gasteiger partial charge in [0, 0.05) is 48.1 Å². The number of hydrazine groups is 1.